The number of aliphatic imine (C=N–C) groups is 1. The number of nitrogens with zero attached hydrogens (tertiary/aromatic N) is 1. The molecule has 2 aromatic rings. The van der Waals surface area contributed by atoms with E-state index < -0.39 is 5.97 Å². The Hall–Kier alpha value is -3.41. The number of ether oxygens (including phenoxy) is 1. The van der Waals surface area contributed by atoms with Gasteiger partial charge in [-0.1, -0.05) is 24.3 Å². The number of carbonyl (C=O) groups excluding carboxylic acids is 1. The predicted molar refractivity (Wildman–Crippen MR) is 104 cm³/mol. The van der Waals surface area contributed by atoms with Gasteiger partial charge in [0, 0.05) is 24.1 Å². The van der Waals surface area contributed by atoms with Gasteiger partial charge in [-0.3, -0.25) is 0 Å². The molecule has 2 aromatic carbocycles. The predicted octanol–water partition coefficient (Wildman–Crippen LogP) is 3.65. The SMILES string of the molecule is CCNC1=Nc2cc(-c3ccc(C(=O)OC)cc3)ccc2C=C(C(=O)O)C1. The summed E-state index contributed by atoms with van der Waals surface area (Å²) in [6.45, 7) is 2.60. The van der Waals surface area contributed by atoms with Crippen molar-refractivity contribution in [3.63, 3.8) is 0 Å². The number of benzene rings is 2. The van der Waals surface area contributed by atoms with E-state index in [1.165, 1.54) is 7.11 Å². The molecule has 0 saturated heterocycles. The Morgan fingerprint density at radius 2 is 1.85 bits per heavy atom. The lowest BCUT2D eigenvalue weighted by molar-refractivity contribution is -0.132. The Morgan fingerprint density at radius 1 is 1.15 bits per heavy atom. The number of nitrogens with one attached hydrogen (secondary N) is 1. The van der Waals surface area contributed by atoms with Crippen LogP contribution in [0.25, 0.3) is 17.2 Å². The van der Waals surface area contributed by atoms with Crippen LogP contribution in [0.15, 0.2) is 53.0 Å². The van der Waals surface area contributed by atoms with Crippen LogP contribution in [0.3, 0.4) is 0 Å². The summed E-state index contributed by atoms with van der Waals surface area (Å²) in [5.41, 5.74) is 4.10. The molecular weight excluding hydrogens is 344 g/mol. The lowest BCUT2D eigenvalue weighted by Gasteiger charge is -2.08. The van der Waals surface area contributed by atoms with Crippen molar-refractivity contribution in [3.8, 4) is 11.1 Å². The van der Waals surface area contributed by atoms with Crippen LogP contribution in [0.1, 0.15) is 29.3 Å². The molecule has 0 radical (unpaired) electrons. The van der Waals surface area contributed by atoms with Crippen LogP contribution in [-0.2, 0) is 9.53 Å². The summed E-state index contributed by atoms with van der Waals surface area (Å²) in [5, 5.41) is 12.5. The highest BCUT2D eigenvalue weighted by molar-refractivity contribution is 6.03. The fourth-order valence-electron chi connectivity index (χ4n) is 2.91. The van der Waals surface area contributed by atoms with E-state index >= 15 is 0 Å². The second-order valence-electron chi connectivity index (χ2n) is 6.08. The molecular formula is C21H20N2O4. The van der Waals surface area contributed by atoms with E-state index in [2.05, 4.69) is 10.3 Å². The van der Waals surface area contributed by atoms with Crippen molar-refractivity contribution in [2.45, 2.75) is 13.3 Å². The van der Waals surface area contributed by atoms with Crippen molar-refractivity contribution < 1.29 is 19.4 Å². The van der Waals surface area contributed by atoms with Gasteiger partial charge < -0.3 is 15.2 Å². The minimum Gasteiger partial charge on any atom is -0.478 e. The number of hydrogen-bond donors (Lipinski definition) is 2. The fourth-order valence-corrected chi connectivity index (χ4v) is 2.91. The van der Waals surface area contributed by atoms with Crippen LogP contribution < -0.4 is 5.32 Å². The average molecular weight is 364 g/mol. The maximum atomic E-state index is 11.6. The number of methoxy groups -OCH3 is 1. The zero-order chi connectivity index (χ0) is 19.4. The summed E-state index contributed by atoms with van der Waals surface area (Å²) in [7, 11) is 1.35. The molecule has 0 spiro atoms. The van der Waals surface area contributed by atoms with Crippen molar-refractivity contribution in [2.24, 2.45) is 4.99 Å². The molecule has 1 aliphatic rings. The third-order valence-electron chi connectivity index (χ3n) is 4.27. The quantitative estimate of drug-likeness (QED) is 0.809. The van der Waals surface area contributed by atoms with E-state index in [-0.39, 0.29) is 12.4 Å². The standard InChI is InChI=1S/C21H20N2O4/c1-3-22-19-12-17(20(24)25)10-16-9-8-15(11-18(16)23-19)13-4-6-14(7-5-13)21(26)27-2/h4-11H,3,12H2,1-2H3,(H,22,23)(H,24,25). The summed E-state index contributed by atoms with van der Waals surface area (Å²) >= 11 is 0. The Kier molecular flexibility index (Phi) is 5.35. The van der Waals surface area contributed by atoms with Gasteiger partial charge >= 0.3 is 11.9 Å². The van der Waals surface area contributed by atoms with Gasteiger partial charge in [0.25, 0.3) is 0 Å². The van der Waals surface area contributed by atoms with E-state index in [0.29, 0.717) is 29.2 Å². The van der Waals surface area contributed by atoms with Crippen LogP contribution in [0.2, 0.25) is 0 Å². The molecule has 2 N–H and O–H groups in total. The molecule has 0 aromatic heterocycles. The second kappa shape index (κ2) is 7.86. The third-order valence-corrected chi connectivity index (χ3v) is 4.27. The van der Waals surface area contributed by atoms with Crippen LogP contribution in [0.5, 0.6) is 0 Å². The van der Waals surface area contributed by atoms with Crippen LogP contribution in [0, 0.1) is 0 Å². The number of carbonyl (C=O) groups is 2. The molecule has 0 amide bonds. The molecule has 0 bridgehead atoms. The van der Waals surface area contributed by atoms with Gasteiger partial charge in [-0.15, -0.1) is 0 Å². The molecule has 0 saturated carbocycles. The smallest absolute Gasteiger partial charge is 0.337 e. The normalized spacial score (nSPS) is 13.0. The zero-order valence-corrected chi connectivity index (χ0v) is 15.2. The highest BCUT2D eigenvalue weighted by Crippen LogP contribution is 2.32. The largest absolute Gasteiger partial charge is 0.478 e. The first-order chi connectivity index (χ1) is 13.0. The zero-order valence-electron chi connectivity index (χ0n) is 15.2. The van der Waals surface area contributed by atoms with E-state index in [1.807, 2.05) is 37.3 Å². The summed E-state index contributed by atoms with van der Waals surface area (Å²) in [5.74, 6) is -0.700. The Balaban J connectivity index is 2.01. The topological polar surface area (TPSA) is 88.0 Å². The molecule has 0 fully saturated rings. The van der Waals surface area contributed by atoms with Gasteiger partial charge in [-0.2, -0.15) is 0 Å². The van der Waals surface area contributed by atoms with Gasteiger partial charge in [-0.25, -0.2) is 14.6 Å². The number of amidine groups is 1. The van der Waals surface area contributed by atoms with Gasteiger partial charge in [0.2, 0.25) is 0 Å². The number of carboxylic acid groups (broad SMARTS) is 1. The maximum absolute atomic E-state index is 11.6. The van der Waals surface area contributed by atoms with Crippen molar-refractivity contribution in [3.05, 3.63) is 59.2 Å². The van der Waals surface area contributed by atoms with E-state index in [1.54, 1.807) is 18.2 Å². The Morgan fingerprint density at radius 3 is 2.48 bits per heavy atom. The third kappa shape index (κ3) is 4.06. The first kappa shape index (κ1) is 18.4. The summed E-state index contributed by atoms with van der Waals surface area (Å²) in [6, 6.07) is 12.8. The molecule has 6 heteroatoms. The number of rotatable bonds is 4. The number of carboxylic acids is 1. The maximum Gasteiger partial charge on any atom is 0.337 e. The van der Waals surface area contributed by atoms with Gasteiger partial charge in [0.15, 0.2) is 0 Å². The molecule has 138 valence electrons. The minimum atomic E-state index is -0.948. The van der Waals surface area contributed by atoms with E-state index in [4.69, 9.17) is 4.74 Å². The molecule has 27 heavy (non-hydrogen) atoms. The van der Waals surface area contributed by atoms with Gasteiger partial charge in [-0.05, 0) is 42.3 Å². The fraction of sp³-hybridized carbons (Fsp3) is 0.190. The van der Waals surface area contributed by atoms with Crippen LogP contribution >= 0.6 is 0 Å². The first-order valence-electron chi connectivity index (χ1n) is 8.60. The number of hydrogen-bond acceptors (Lipinski definition) is 5. The minimum absolute atomic E-state index is 0.251. The second-order valence-corrected chi connectivity index (χ2v) is 6.08. The van der Waals surface area contributed by atoms with Crippen LogP contribution in [0.4, 0.5) is 5.69 Å². The highest BCUT2D eigenvalue weighted by atomic mass is 16.5. The number of fused-ring (bicyclic) bond motifs is 1. The number of esters is 1. The van der Waals surface area contributed by atoms with Crippen molar-refractivity contribution in [2.75, 3.05) is 13.7 Å². The monoisotopic (exact) mass is 364 g/mol. The molecule has 6 nitrogen and oxygen atoms in total. The van der Waals surface area contributed by atoms with Gasteiger partial charge in [0.05, 0.1) is 18.4 Å². The molecule has 0 atom stereocenters. The lowest BCUT2D eigenvalue weighted by Crippen LogP contribution is -2.24. The molecule has 0 aliphatic carbocycles. The summed E-state index contributed by atoms with van der Waals surface area (Å²) in [6.07, 6.45) is 1.91. The molecule has 3 rings (SSSR count). The summed E-state index contributed by atoms with van der Waals surface area (Å²) in [4.78, 5) is 27.7. The lowest BCUT2D eigenvalue weighted by atomic mass is 10.00. The Labute approximate surface area is 157 Å². The molecule has 0 unspecified atom stereocenters. The molecule has 1 aliphatic heterocycles. The van der Waals surface area contributed by atoms with E-state index in [0.717, 1.165) is 16.7 Å². The highest BCUT2D eigenvalue weighted by Gasteiger charge is 2.17. The molecule has 1 heterocycles. The Bertz CT molecular complexity index is 943. The first-order valence-corrected chi connectivity index (χ1v) is 8.60. The number of aliphatic carboxylic acids is 1. The van der Waals surface area contributed by atoms with Crippen molar-refractivity contribution in [1.29, 1.82) is 0 Å². The van der Waals surface area contributed by atoms with Gasteiger partial charge in [0.1, 0.15) is 5.84 Å². The van der Waals surface area contributed by atoms with Crippen molar-refractivity contribution >= 4 is 29.5 Å². The van der Waals surface area contributed by atoms with Crippen molar-refractivity contribution in [1.82, 2.24) is 5.32 Å². The summed E-state index contributed by atoms with van der Waals surface area (Å²) < 4.78 is 4.72. The average Bonchev–Trinajstić information content (AvgIpc) is 2.86. The van der Waals surface area contributed by atoms with E-state index in [9.17, 15) is 14.7 Å². The van der Waals surface area contributed by atoms with Crippen LogP contribution in [-0.4, -0.2) is 36.5 Å².